The van der Waals surface area contributed by atoms with Gasteiger partial charge in [0.25, 0.3) is 0 Å². The number of rotatable bonds is 6. The van der Waals surface area contributed by atoms with Crippen LogP contribution in [0.15, 0.2) is 0 Å². The van der Waals surface area contributed by atoms with Crippen LogP contribution in [-0.4, -0.2) is 47.8 Å². The van der Waals surface area contributed by atoms with Gasteiger partial charge in [-0.1, -0.05) is 20.8 Å². The summed E-state index contributed by atoms with van der Waals surface area (Å²) in [5.74, 6) is 0.563. The molecule has 4 nitrogen and oxygen atoms in total. The van der Waals surface area contributed by atoms with Gasteiger partial charge in [0.05, 0.1) is 11.6 Å². The molecule has 0 spiro atoms. The molecule has 0 bridgehead atoms. The third-order valence-electron chi connectivity index (χ3n) is 5.76. The number of hydrogen-bond donors (Lipinski definition) is 0. The van der Waals surface area contributed by atoms with E-state index in [-0.39, 0.29) is 11.5 Å². The van der Waals surface area contributed by atoms with Crippen molar-refractivity contribution < 1.29 is 9.53 Å². The highest BCUT2D eigenvalue weighted by Crippen LogP contribution is 2.37. The van der Waals surface area contributed by atoms with Crippen LogP contribution in [0.25, 0.3) is 0 Å². The van der Waals surface area contributed by atoms with Crippen molar-refractivity contribution in [2.24, 2.45) is 5.92 Å². The maximum absolute atomic E-state index is 12.7. The van der Waals surface area contributed by atoms with Crippen molar-refractivity contribution in [2.75, 3.05) is 20.2 Å². The molecule has 0 aromatic heterocycles. The van der Waals surface area contributed by atoms with Crippen molar-refractivity contribution in [3.05, 3.63) is 0 Å². The van der Waals surface area contributed by atoms with E-state index < -0.39 is 0 Å². The Morgan fingerprint density at radius 1 is 1.14 bits per heavy atom. The first-order valence-electron chi connectivity index (χ1n) is 8.76. The Morgan fingerprint density at radius 3 is 2.38 bits per heavy atom. The summed E-state index contributed by atoms with van der Waals surface area (Å²) >= 11 is 0. The lowest BCUT2D eigenvalue weighted by molar-refractivity contribution is -0.175. The van der Waals surface area contributed by atoms with E-state index in [1.54, 1.807) is 0 Å². The van der Waals surface area contributed by atoms with Crippen LogP contribution in [0, 0.1) is 5.92 Å². The molecule has 0 aliphatic carbocycles. The largest absolute Gasteiger partial charge is 0.377 e. The SMILES string of the molecule is CC[C@H]1CCCN(N2CCC[C@H]2C(CC)(CC)OC)C1=O. The second-order valence-electron chi connectivity index (χ2n) is 6.51. The Labute approximate surface area is 129 Å². The molecule has 0 aromatic carbocycles. The normalized spacial score (nSPS) is 28.4. The summed E-state index contributed by atoms with van der Waals surface area (Å²) in [5.41, 5.74) is -0.115. The molecule has 0 radical (unpaired) electrons. The molecule has 4 heteroatoms. The predicted octanol–water partition coefficient (Wildman–Crippen LogP) is 3.22. The van der Waals surface area contributed by atoms with E-state index in [0.29, 0.717) is 11.9 Å². The molecular weight excluding hydrogens is 264 g/mol. The maximum atomic E-state index is 12.7. The third kappa shape index (κ3) is 2.98. The van der Waals surface area contributed by atoms with Gasteiger partial charge in [0.1, 0.15) is 0 Å². The van der Waals surface area contributed by atoms with Crippen LogP contribution in [0.1, 0.15) is 65.7 Å². The van der Waals surface area contributed by atoms with Gasteiger partial charge in [-0.15, -0.1) is 0 Å². The molecule has 0 unspecified atom stereocenters. The standard InChI is InChI=1S/C17H32N2O2/c1-5-14-10-8-13-19(16(14)20)18-12-9-11-15(18)17(6-2,7-3)21-4/h14-15H,5-13H2,1-4H3/t14-,15-/m0/s1. The number of carbonyl (C=O) groups excluding carboxylic acids is 1. The highest BCUT2D eigenvalue weighted by molar-refractivity contribution is 5.79. The van der Waals surface area contributed by atoms with Gasteiger partial charge in [0, 0.05) is 26.1 Å². The van der Waals surface area contributed by atoms with E-state index in [1.165, 1.54) is 0 Å². The van der Waals surface area contributed by atoms with E-state index in [2.05, 4.69) is 30.8 Å². The lowest BCUT2D eigenvalue weighted by atomic mass is 9.86. The zero-order valence-electron chi connectivity index (χ0n) is 14.2. The molecular formula is C17H32N2O2. The van der Waals surface area contributed by atoms with Gasteiger partial charge in [-0.05, 0) is 44.9 Å². The number of ether oxygens (including phenoxy) is 1. The van der Waals surface area contributed by atoms with Gasteiger partial charge >= 0.3 is 0 Å². The van der Waals surface area contributed by atoms with Crippen LogP contribution in [0.4, 0.5) is 0 Å². The Morgan fingerprint density at radius 2 is 1.81 bits per heavy atom. The second kappa shape index (κ2) is 7.10. The molecule has 0 N–H and O–H groups in total. The zero-order valence-corrected chi connectivity index (χ0v) is 14.2. The minimum Gasteiger partial charge on any atom is -0.377 e. The summed E-state index contributed by atoms with van der Waals surface area (Å²) in [6, 6.07) is 0.344. The molecule has 0 saturated carbocycles. The van der Waals surface area contributed by atoms with Gasteiger partial charge in [-0.3, -0.25) is 9.80 Å². The highest BCUT2D eigenvalue weighted by Gasteiger charge is 2.46. The van der Waals surface area contributed by atoms with E-state index in [9.17, 15) is 4.79 Å². The molecule has 2 saturated heterocycles. The van der Waals surface area contributed by atoms with Crippen molar-refractivity contribution in [3.63, 3.8) is 0 Å². The van der Waals surface area contributed by atoms with Crippen LogP contribution in [0.2, 0.25) is 0 Å². The lowest BCUT2D eigenvalue weighted by Gasteiger charge is -2.47. The Hall–Kier alpha value is -0.610. The lowest BCUT2D eigenvalue weighted by Crippen LogP contribution is -2.60. The van der Waals surface area contributed by atoms with Crippen LogP contribution >= 0.6 is 0 Å². The smallest absolute Gasteiger partial charge is 0.239 e. The van der Waals surface area contributed by atoms with E-state index in [1.807, 2.05) is 7.11 Å². The molecule has 2 heterocycles. The summed E-state index contributed by atoms with van der Waals surface area (Å²) in [5, 5.41) is 4.41. The monoisotopic (exact) mass is 296 g/mol. The number of hydrogen-bond acceptors (Lipinski definition) is 3. The zero-order chi connectivity index (χ0) is 15.5. The predicted molar refractivity (Wildman–Crippen MR) is 84.8 cm³/mol. The number of nitrogens with zero attached hydrogens (tertiary/aromatic N) is 2. The number of methoxy groups -OCH3 is 1. The van der Waals surface area contributed by atoms with Crippen LogP contribution < -0.4 is 0 Å². The van der Waals surface area contributed by atoms with Crippen molar-refractivity contribution >= 4 is 5.91 Å². The molecule has 1 amide bonds. The van der Waals surface area contributed by atoms with Crippen LogP contribution in [-0.2, 0) is 9.53 Å². The number of carbonyl (C=O) groups is 1. The first-order valence-corrected chi connectivity index (χ1v) is 8.76. The number of hydrazine groups is 1. The number of amides is 1. The van der Waals surface area contributed by atoms with Gasteiger partial charge < -0.3 is 4.74 Å². The quantitative estimate of drug-likeness (QED) is 0.754. The summed E-state index contributed by atoms with van der Waals surface area (Å²) in [6.07, 6.45) is 7.45. The van der Waals surface area contributed by atoms with Crippen molar-refractivity contribution in [1.82, 2.24) is 10.0 Å². The Bertz CT molecular complexity index is 346. The van der Waals surface area contributed by atoms with Gasteiger partial charge in [-0.2, -0.15) is 0 Å². The van der Waals surface area contributed by atoms with Crippen LogP contribution in [0.3, 0.4) is 0 Å². The second-order valence-corrected chi connectivity index (χ2v) is 6.51. The van der Waals surface area contributed by atoms with E-state index in [4.69, 9.17) is 4.74 Å². The molecule has 0 aromatic rings. The fourth-order valence-electron chi connectivity index (χ4n) is 4.29. The summed E-state index contributed by atoms with van der Waals surface area (Å²) in [4.78, 5) is 12.7. The first kappa shape index (κ1) is 16.8. The molecule has 21 heavy (non-hydrogen) atoms. The Balaban J connectivity index is 2.19. The molecule has 2 aliphatic heterocycles. The molecule has 2 aliphatic rings. The van der Waals surface area contributed by atoms with Crippen molar-refractivity contribution in [1.29, 1.82) is 0 Å². The van der Waals surface area contributed by atoms with E-state index >= 15 is 0 Å². The van der Waals surface area contributed by atoms with Gasteiger partial charge in [-0.25, -0.2) is 5.01 Å². The fraction of sp³-hybridized carbons (Fsp3) is 0.941. The third-order valence-corrected chi connectivity index (χ3v) is 5.76. The average molecular weight is 296 g/mol. The average Bonchev–Trinajstić information content (AvgIpc) is 3.00. The molecule has 2 rings (SSSR count). The summed E-state index contributed by atoms with van der Waals surface area (Å²) in [7, 11) is 1.83. The highest BCUT2D eigenvalue weighted by atomic mass is 16.5. The number of piperidine rings is 1. The summed E-state index contributed by atoms with van der Waals surface area (Å²) in [6.45, 7) is 8.43. The molecule has 122 valence electrons. The topological polar surface area (TPSA) is 32.8 Å². The maximum Gasteiger partial charge on any atom is 0.239 e. The minimum absolute atomic E-state index is 0.115. The molecule has 2 fully saturated rings. The van der Waals surface area contributed by atoms with E-state index in [0.717, 1.165) is 58.0 Å². The van der Waals surface area contributed by atoms with Gasteiger partial charge in [0.15, 0.2) is 0 Å². The molecule has 2 atom stereocenters. The van der Waals surface area contributed by atoms with Gasteiger partial charge in [0.2, 0.25) is 5.91 Å². The first-order chi connectivity index (χ1) is 10.1. The van der Waals surface area contributed by atoms with Crippen LogP contribution in [0.5, 0.6) is 0 Å². The fourth-order valence-corrected chi connectivity index (χ4v) is 4.29. The van der Waals surface area contributed by atoms with Crippen molar-refractivity contribution in [2.45, 2.75) is 77.4 Å². The summed E-state index contributed by atoms with van der Waals surface area (Å²) < 4.78 is 5.95. The minimum atomic E-state index is -0.115. The Kier molecular flexibility index (Phi) is 5.67. The van der Waals surface area contributed by atoms with Crippen molar-refractivity contribution in [3.8, 4) is 0 Å².